The maximum atomic E-state index is 10.0. The smallest absolute Gasteiger partial charge is 0.155 e. The van der Waals surface area contributed by atoms with Gasteiger partial charge in [0.1, 0.15) is 0 Å². The minimum atomic E-state index is -0.125. The number of aromatic nitrogens is 1. The van der Waals surface area contributed by atoms with Crippen molar-refractivity contribution in [1.29, 1.82) is 0 Å². The molecule has 161 valence electrons. The molecule has 1 radical (unpaired) electrons. The van der Waals surface area contributed by atoms with Crippen LogP contribution >= 0.6 is 0 Å². The first kappa shape index (κ1) is 25.7. The Labute approximate surface area is 193 Å². The van der Waals surface area contributed by atoms with Crippen LogP contribution in [0.3, 0.4) is 0 Å². The standard InChI is InChI=1S/C21H22N.C5H8O2.Ir/c1-12-7-13(2)10-18(9-12)21-17(6)16(5)20-15(4)8-14(3)11-19(20)22-21;1-4(6)3-5(2)7;/h7-9,11H,1-6H3;3,6H,1-2H3;/q-1;;/b;4-3-;. The summed E-state index contributed by atoms with van der Waals surface area (Å²) in [5, 5.41) is 9.65. The van der Waals surface area contributed by atoms with E-state index in [9.17, 15) is 4.79 Å². The number of rotatable bonds is 2. The second-order valence-electron chi connectivity index (χ2n) is 7.84. The van der Waals surface area contributed by atoms with Gasteiger partial charge in [0.2, 0.25) is 0 Å². The molecule has 4 heteroatoms. The fourth-order valence-electron chi connectivity index (χ4n) is 3.67. The van der Waals surface area contributed by atoms with Crippen LogP contribution in [0.1, 0.15) is 47.2 Å². The molecule has 0 amide bonds. The van der Waals surface area contributed by atoms with Gasteiger partial charge in [-0.15, -0.1) is 34.9 Å². The third-order valence-corrected chi connectivity index (χ3v) is 4.80. The van der Waals surface area contributed by atoms with Crippen molar-refractivity contribution < 1.29 is 30.0 Å². The molecule has 1 heterocycles. The zero-order valence-corrected chi connectivity index (χ0v) is 21.4. The zero-order valence-electron chi connectivity index (χ0n) is 19.0. The van der Waals surface area contributed by atoms with E-state index in [2.05, 4.69) is 71.9 Å². The van der Waals surface area contributed by atoms with Gasteiger partial charge in [-0.25, -0.2) is 0 Å². The van der Waals surface area contributed by atoms with Gasteiger partial charge in [0, 0.05) is 31.6 Å². The fourth-order valence-corrected chi connectivity index (χ4v) is 3.67. The van der Waals surface area contributed by atoms with Crippen LogP contribution in [0.15, 0.2) is 36.1 Å². The molecule has 0 unspecified atom stereocenters. The number of carbonyl (C=O) groups is 1. The Kier molecular flexibility index (Phi) is 9.14. The van der Waals surface area contributed by atoms with E-state index in [1.54, 1.807) is 0 Å². The number of benzene rings is 2. The summed E-state index contributed by atoms with van der Waals surface area (Å²) < 4.78 is 0. The Balaban J connectivity index is 0.000000489. The largest absolute Gasteiger partial charge is 0.512 e. The molecule has 0 saturated carbocycles. The number of aryl methyl sites for hydroxylation is 5. The zero-order chi connectivity index (χ0) is 21.9. The van der Waals surface area contributed by atoms with Crippen LogP contribution < -0.4 is 0 Å². The van der Waals surface area contributed by atoms with Crippen molar-refractivity contribution in [2.75, 3.05) is 0 Å². The summed E-state index contributed by atoms with van der Waals surface area (Å²) in [6, 6.07) is 12.2. The number of carbonyl (C=O) groups excluding carboxylic acids is 1. The molecular formula is C26H30IrNO2-. The Morgan fingerprint density at radius 1 is 0.933 bits per heavy atom. The Bertz CT molecular complexity index is 1090. The number of aliphatic hydroxyl groups excluding tert-OH is 1. The van der Waals surface area contributed by atoms with Crippen LogP contribution in [-0.4, -0.2) is 15.9 Å². The molecule has 0 aliphatic carbocycles. The number of ketones is 1. The Morgan fingerprint density at radius 3 is 2.03 bits per heavy atom. The Hall–Kier alpha value is -2.29. The third kappa shape index (κ3) is 6.35. The number of fused-ring (bicyclic) bond motifs is 1. The second kappa shape index (κ2) is 10.7. The molecule has 1 N–H and O–H groups in total. The molecule has 0 atom stereocenters. The fraction of sp³-hybridized carbons (Fsp3) is 0.308. The molecule has 0 bridgehead atoms. The van der Waals surface area contributed by atoms with Crippen molar-refractivity contribution in [2.24, 2.45) is 0 Å². The van der Waals surface area contributed by atoms with Gasteiger partial charge in [0.15, 0.2) is 5.78 Å². The molecule has 3 nitrogen and oxygen atoms in total. The number of allylic oxidation sites excluding steroid dienone is 2. The van der Waals surface area contributed by atoms with Gasteiger partial charge in [-0.3, -0.25) is 9.78 Å². The minimum absolute atomic E-state index is 0. The monoisotopic (exact) mass is 581 g/mol. The summed E-state index contributed by atoms with van der Waals surface area (Å²) >= 11 is 0. The summed E-state index contributed by atoms with van der Waals surface area (Å²) in [6.45, 7) is 15.7. The predicted molar refractivity (Wildman–Crippen MR) is 122 cm³/mol. The normalized spacial score (nSPS) is 10.9. The van der Waals surface area contributed by atoms with E-state index in [-0.39, 0.29) is 31.6 Å². The van der Waals surface area contributed by atoms with Gasteiger partial charge in [0.25, 0.3) is 0 Å². The number of nitrogens with zero attached hydrogens (tertiary/aromatic N) is 1. The maximum absolute atomic E-state index is 10.0. The molecule has 0 aliphatic heterocycles. The number of hydrogen-bond acceptors (Lipinski definition) is 3. The summed E-state index contributed by atoms with van der Waals surface area (Å²) in [4.78, 5) is 15.0. The first-order valence-electron chi connectivity index (χ1n) is 9.76. The molecule has 3 rings (SSSR count). The topological polar surface area (TPSA) is 50.2 Å². The third-order valence-electron chi connectivity index (χ3n) is 4.80. The van der Waals surface area contributed by atoms with Crippen LogP contribution in [0.25, 0.3) is 22.2 Å². The van der Waals surface area contributed by atoms with Crippen molar-refractivity contribution >= 4 is 16.7 Å². The molecule has 0 fully saturated rings. The Morgan fingerprint density at radius 2 is 1.53 bits per heavy atom. The van der Waals surface area contributed by atoms with Crippen molar-refractivity contribution in [3.8, 4) is 11.3 Å². The first-order chi connectivity index (χ1) is 13.5. The average Bonchev–Trinajstić information content (AvgIpc) is 2.55. The second-order valence-corrected chi connectivity index (χ2v) is 7.84. The van der Waals surface area contributed by atoms with E-state index >= 15 is 0 Å². The molecular weight excluding hydrogens is 551 g/mol. The van der Waals surface area contributed by atoms with Crippen molar-refractivity contribution in [2.45, 2.75) is 55.4 Å². The summed E-state index contributed by atoms with van der Waals surface area (Å²) in [7, 11) is 0. The molecule has 0 saturated heterocycles. The van der Waals surface area contributed by atoms with Crippen molar-refractivity contribution in [3.63, 3.8) is 0 Å². The van der Waals surface area contributed by atoms with E-state index in [0.717, 1.165) is 22.3 Å². The van der Waals surface area contributed by atoms with Gasteiger partial charge in [-0.1, -0.05) is 25.5 Å². The summed E-state index contributed by atoms with van der Waals surface area (Å²) in [6.07, 6.45) is 1.17. The van der Waals surface area contributed by atoms with E-state index in [4.69, 9.17) is 10.1 Å². The molecule has 3 aromatic rings. The van der Waals surface area contributed by atoms with E-state index in [1.165, 1.54) is 53.1 Å². The quantitative estimate of drug-likeness (QED) is 0.212. The van der Waals surface area contributed by atoms with Gasteiger partial charge >= 0.3 is 0 Å². The van der Waals surface area contributed by atoms with E-state index in [1.807, 2.05) is 0 Å². The summed E-state index contributed by atoms with van der Waals surface area (Å²) in [5.41, 5.74) is 10.8. The van der Waals surface area contributed by atoms with Crippen LogP contribution in [0.2, 0.25) is 0 Å². The van der Waals surface area contributed by atoms with E-state index in [0.29, 0.717) is 0 Å². The predicted octanol–water partition coefficient (Wildman–Crippen LogP) is 6.59. The molecule has 30 heavy (non-hydrogen) atoms. The molecule has 1 aromatic heterocycles. The SMILES string of the molecule is CC(=O)/C=C(/C)O.Cc1[c-]c(-c2nc3cc(C)cc(C)c3c(C)c2C)cc(C)c1.[Ir]. The number of pyridine rings is 1. The van der Waals surface area contributed by atoms with Gasteiger partial charge < -0.3 is 5.11 Å². The molecule has 0 spiro atoms. The number of aliphatic hydroxyl groups is 1. The van der Waals surface area contributed by atoms with Crippen LogP contribution in [0, 0.1) is 47.6 Å². The van der Waals surface area contributed by atoms with Crippen molar-refractivity contribution in [3.05, 3.63) is 75.5 Å². The van der Waals surface area contributed by atoms with E-state index < -0.39 is 0 Å². The van der Waals surface area contributed by atoms with Gasteiger partial charge in [-0.2, -0.15) is 0 Å². The molecule has 2 aromatic carbocycles. The van der Waals surface area contributed by atoms with Crippen LogP contribution in [-0.2, 0) is 24.9 Å². The summed E-state index contributed by atoms with van der Waals surface area (Å²) in [5.74, 6) is -0.0625. The van der Waals surface area contributed by atoms with Crippen molar-refractivity contribution in [1.82, 2.24) is 4.98 Å². The van der Waals surface area contributed by atoms with Crippen LogP contribution in [0.4, 0.5) is 0 Å². The van der Waals surface area contributed by atoms with Crippen LogP contribution in [0.5, 0.6) is 0 Å². The minimum Gasteiger partial charge on any atom is -0.512 e. The van der Waals surface area contributed by atoms with Gasteiger partial charge in [-0.05, 0) is 70.0 Å². The number of hydrogen-bond donors (Lipinski definition) is 1. The first-order valence-corrected chi connectivity index (χ1v) is 9.76. The molecule has 0 aliphatic rings. The maximum Gasteiger partial charge on any atom is 0.155 e. The van der Waals surface area contributed by atoms with Gasteiger partial charge in [0.05, 0.1) is 11.3 Å². The average molecular weight is 581 g/mol.